The Kier molecular flexibility index (Phi) is 4.85. The van der Waals surface area contributed by atoms with Gasteiger partial charge in [0.1, 0.15) is 5.60 Å². The number of phenolic OH excluding ortho intramolecular Hbond substituents is 1. The minimum absolute atomic E-state index is 0.0111. The number of benzene rings is 2. The smallest absolute Gasteiger partial charge is 0.306 e. The summed E-state index contributed by atoms with van der Waals surface area (Å²) in [4.78, 5) is 29.4. The molecule has 2 saturated carbocycles. The molecule has 2 aromatic rings. The van der Waals surface area contributed by atoms with Crippen molar-refractivity contribution in [2.75, 3.05) is 13.1 Å². The number of ether oxygens (including phenoxy) is 2. The van der Waals surface area contributed by atoms with Crippen molar-refractivity contribution in [1.29, 1.82) is 0 Å². The number of rotatable bonds is 6. The van der Waals surface area contributed by atoms with Gasteiger partial charge in [-0.3, -0.25) is 14.5 Å². The largest absolute Gasteiger partial charge is 0.504 e. The van der Waals surface area contributed by atoms with E-state index in [1.54, 1.807) is 6.07 Å². The molecule has 7 rings (SSSR count). The number of likely N-dealkylation sites (tertiary alicyclic amines) is 1. The van der Waals surface area contributed by atoms with E-state index in [1.165, 1.54) is 18.4 Å². The number of aromatic hydroxyl groups is 1. The lowest BCUT2D eigenvalue weighted by atomic mass is 9.48. The van der Waals surface area contributed by atoms with Crippen LogP contribution < -0.4 is 4.74 Å². The molecule has 0 aromatic heterocycles. The average molecular weight is 488 g/mol. The van der Waals surface area contributed by atoms with E-state index in [2.05, 4.69) is 30.0 Å². The number of piperidine rings is 1. The second-order valence-electron chi connectivity index (χ2n) is 11.6. The van der Waals surface area contributed by atoms with Gasteiger partial charge in [-0.15, -0.1) is 0 Å². The molecule has 6 heteroatoms. The highest BCUT2D eigenvalue weighted by atomic mass is 16.6. The van der Waals surface area contributed by atoms with Crippen molar-refractivity contribution in [3.05, 3.63) is 58.7 Å². The summed E-state index contributed by atoms with van der Waals surface area (Å²) in [6.45, 7) is 3.93. The predicted molar refractivity (Wildman–Crippen MR) is 133 cm³/mol. The minimum Gasteiger partial charge on any atom is -0.504 e. The third-order valence-electron chi connectivity index (χ3n) is 9.51. The molecule has 1 saturated heterocycles. The van der Waals surface area contributed by atoms with Crippen LogP contribution in [0.2, 0.25) is 0 Å². The first-order chi connectivity index (χ1) is 17.4. The molecule has 4 atom stereocenters. The maximum atomic E-state index is 13.6. The van der Waals surface area contributed by atoms with E-state index in [-0.39, 0.29) is 23.5 Å². The van der Waals surface area contributed by atoms with Crippen LogP contribution in [0.3, 0.4) is 0 Å². The number of hydrogen-bond donors (Lipinski definition) is 1. The van der Waals surface area contributed by atoms with Crippen LogP contribution in [0.1, 0.15) is 60.8 Å². The Bertz CT molecular complexity index is 1270. The molecule has 6 nitrogen and oxygen atoms in total. The Morgan fingerprint density at radius 1 is 1.22 bits per heavy atom. The Balaban J connectivity index is 1.29. The van der Waals surface area contributed by atoms with Gasteiger partial charge >= 0.3 is 5.97 Å². The molecule has 0 amide bonds. The van der Waals surface area contributed by atoms with Gasteiger partial charge in [0.15, 0.2) is 23.4 Å². The van der Waals surface area contributed by atoms with Gasteiger partial charge in [-0.2, -0.15) is 0 Å². The van der Waals surface area contributed by atoms with E-state index < -0.39 is 17.1 Å². The normalized spacial score (nSPS) is 32.1. The molecule has 5 aliphatic rings. The number of carbonyl (C=O) groups is 2. The maximum absolute atomic E-state index is 13.6. The number of esters is 1. The molecule has 2 aliphatic heterocycles. The van der Waals surface area contributed by atoms with E-state index >= 15 is 0 Å². The summed E-state index contributed by atoms with van der Waals surface area (Å²) >= 11 is 0. The number of hydrogen-bond acceptors (Lipinski definition) is 6. The second-order valence-corrected chi connectivity index (χ2v) is 11.6. The molecule has 1 unspecified atom stereocenters. The summed E-state index contributed by atoms with van der Waals surface area (Å²) in [7, 11) is 0. The summed E-state index contributed by atoms with van der Waals surface area (Å²) in [5, 5.41) is 10.7. The third-order valence-corrected chi connectivity index (χ3v) is 9.51. The van der Waals surface area contributed by atoms with Crippen molar-refractivity contribution >= 4 is 11.8 Å². The van der Waals surface area contributed by atoms with Gasteiger partial charge in [0, 0.05) is 24.9 Å². The van der Waals surface area contributed by atoms with E-state index in [9.17, 15) is 14.7 Å². The molecule has 36 heavy (non-hydrogen) atoms. The van der Waals surface area contributed by atoms with Crippen LogP contribution in [0.25, 0.3) is 0 Å². The number of ketones is 1. The van der Waals surface area contributed by atoms with Crippen LogP contribution in [0.5, 0.6) is 11.5 Å². The fourth-order valence-electron chi connectivity index (χ4n) is 7.81. The maximum Gasteiger partial charge on any atom is 0.306 e. The Morgan fingerprint density at radius 3 is 2.89 bits per heavy atom. The van der Waals surface area contributed by atoms with Crippen molar-refractivity contribution in [2.45, 2.75) is 81.5 Å². The highest BCUT2D eigenvalue weighted by Gasteiger charge is 2.75. The first kappa shape index (κ1) is 22.3. The van der Waals surface area contributed by atoms with Gasteiger partial charge in [-0.1, -0.05) is 35.9 Å². The number of Topliss-reactive ketones (excluding diaryl/α,β-unsaturated/α-hetero) is 1. The fraction of sp³-hybridized carbons (Fsp3) is 0.533. The van der Waals surface area contributed by atoms with Crippen molar-refractivity contribution in [2.24, 2.45) is 5.92 Å². The Hall–Kier alpha value is -2.86. The minimum atomic E-state index is -0.825. The van der Waals surface area contributed by atoms with Crippen molar-refractivity contribution in [3.63, 3.8) is 0 Å². The first-order valence-corrected chi connectivity index (χ1v) is 13.5. The zero-order valence-corrected chi connectivity index (χ0v) is 20.8. The summed E-state index contributed by atoms with van der Waals surface area (Å²) in [5.41, 5.74) is 2.80. The van der Waals surface area contributed by atoms with Crippen LogP contribution in [-0.2, 0) is 32.6 Å². The zero-order valence-electron chi connectivity index (χ0n) is 20.8. The number of nitrogens with zero attached hydrogens (tertiary/aromatic N) is 1. The molecule has 3 aliphatic carbocycles. The molecule has 3 fully saturated rings. The molecule has 1 N–H and O–H groups in total. The summed E-state index contributed by atoms with van der Waals surface area (Å²) in [6.07, 6.45) is 5.03. The van der Waals surface area contributed by atoms with Gasteiger partial charge in [-0.05, 0) is 75.1 Å². The summed E-state index contributed by atoms with van der Waals surface area (Å²) < 4.78 is 13.0. The third kappa shape index (κ3) is 3.06. The lowest BCUT2D eigenvalue weighted by Gasteiger charge is -2.63. The number of aryl methyl sites for hydroxylation is 2. The van der Waals surface area contributed by atoms with Crippen molar-refractivity contribution in [1.82, 2.24) is 4.90 Å². The molecule has 1 spiro atoms. The predicted octanol–water partition coefficient (Wildman–Crippen LogP) is 4.02. The van der Waals surface area contributed by atoms with Crippen LogP contribution >= 0.6 is 0 Å². The fourth-order valence-corrected chi connectivity index (χ4v) is 7.81. The first-order valence-electron chi connectivity index (χ1n) is 13.5. The molecular formula is C30H33NO5. The molecule has 2 aromatic carbocycles. The van der Waals surface area contributed by atoms with Gasteiger partial charge in [0.05, 0.1) is 11.5 Å². The van der Waals surface area contributed by atoms with Gasteiger partial charge < -0.3 is 14.6 Å². The highest BCUT2D eigenvalue weighted by Crippen LogP contribution is 2.66. The molecule has 188 valence electrons. The lowest BCUT2D eigenvalue weighted by molar-refractivity contribution is -0.216. The monoisotopic (exact) mass is 487 g/mol. The number of phenols is 1. The Morgan fingerprint density at radius 2 is 2.08 bits per heavy atom. The SMILES string of the molecule is Cc1cccc(CCC(=O)O[C@@]23CCC(=O)[C@@H]4Oc5c(O)ccc6c5[C@@]42CCN(CC2CC2)C3C6)c1. The highest BCUT2D eigenvalue weighted by molar-refractivity contribution is 5.90. The second kappa shape index (κ2) is 7.82. The average Bonchev–Trinajstić information content (AvgIpc) is 3.60. The van der Waals surface area contributed by atoms with E-state index in [4.69, 9.17) is 9.47 Å². The molecular weight excluding hydrogens is 454 g/mol. The Labute approximate surface area is 211 Å². The van der Waals surface area contributed by atoms with Crippen LogP contribution in [0.4, 0.5) is 0 Å². The van der Waals surface area contributed by atoms with Crippen LogP contribution in [-0.4, -0.2) is 52.6 Å². The molecule has 2 bridgehead atoms. The quantitative estimate of drug-likeness (QED) is 0.621. The van der Waals surface area contributed by atoms with E-state index in [0.29, 0.717) is 43.8 Å². The van der Waals surface area contributed by atoms with E-state index in [1.807, 2.05) is 12.1 Å². The van der Waals surface area contributed by atoms with Crippen molar-refractivity contribution < 1.29 is 24.2 Å². The van der Waals surface area contributed by atoms with Crippen LogP contribution in [0.15, 0.2) is 36.4 Å². The summed E-state index contributed by atoms with van der Waals surface area (Å²) in [6, 6.07) is 11.9. The zero-order chi connectivity index (χ0) is 24.7. The standard InChI is InChI=1S/C30H33NO5/c1-18-3-2-4-19(15-18)7-10-25(34)36-30-12-11-23(33)28-29(30)13-14-31(17-20-5-6-20)24(30)16-21-8-9-22(32)27(35-28)26(21)29/h2-4,8-9,15,20,24,28,32H,5-7,10-14,16-17H2,1H3/t24?,28-,29-,30+/m0/s1. The van der Waals surface area contributed by atoms with Crippen molar-refractivity contribution in [3.8, 4) is 11.5 Å². The molecule has 0 radical (unpaired) electrons. The molecule has 2 heterocycles. The van der Waals surface area contributed by atoms with E-state index in [0.717, 1.165) is 36.2 Å². The van der Waals surface area contributed by atoms with Crippen LogP contribution in [0, 0.1) is 12.8 Å². The van der Waals surface area contributed by atoms with Gasteiger partial charge in [-0.25, -0.2) is 0 Å². The number of carbonyl (C=O) groups excluding carboxylic acids is 2. The van der Waals surface area contributed by atoms with Gasteiger partial charge in [0.25, 0.3) is 0 Å². The van der Waals surface area contributed by atoms with Gasteiger partial charge in [0.2, 0.25) is 0 Å². The topological polar surface area (TPSA) is 76.1 Å². The lowest BCUT2D eigenvalue weighted by Crippen LogP contribution is -2.77. The summed E-state index contributed by atoms with van der Waals surface area (Å²) in [5.74, 6) is 1.07.